The summed E-state index contributed by atoms with van der Waals surface area (Å²) in [6.45, 7) is 3.93. The van der Waals surface area contributed by atoms with Gasteiger partial charge in [0.15, 0.2) is 11.5 Å². The van der Waals surface area contributed by atoms with E-state index in [1.807, 2.05) is 38.1 Å². The van der Waals surface area contributed by atoms with Crippen LogP contribution in [0, 0.1) is 5.92 Å². The number of methoxy groups -OCH3 is 1. The molecule has 1 aliphatic carbocycles. The predicted molar refractivity (Wildman–Crippen MR) is 104 cm³/mol. The van der Waals surface area contributed by atoms with Gasteiger partial charge < -0.3 is 14.7 Å². The van der Waals surface area contributed by atoms with E-state index in [-0.39, 0.29) is 29.1 Å². The molecule has 0 bridgehead atoms. The van der Waals surface area contributed by atoms with Crippen LogP contribution in [0.15, 0.2) is 35.6 Å². The van der Waals surface area contributed by atoms with E-state index in [0.29, 0.717) is 6.42 Å². The number of Topliss-reactive ketones (excluding diaryl/α,β-unsaturated/α-hetero) is 1. The Kier molecular flexibility index (Phi) is 5.88. The molecule has 27 heavy (non-hydrogen) atoms. The van der Waals surface area contributed by atoms with E-state index in [1.54, 1.807) is 12.0 Å². The first-order valence-electron chi connectivity index (χ1n) is 9.87. The average molecular weight is 371 g/mol. The molecule has 0 aromatic heterocycles. The van der Waals surface area contributed by atoms with E-state index >= 15 is 0 Å². The molecule has 1 atom stereocenters. The molecule has 0 saturated heterocycles. The van der Waals surface area contributed by atoms with Gasteiger partial charge in [-0.3, -0.25) is 9.59 Å². The number of benzene rings is 1. The molecule has 5 nitrogen and oxygen atoms in total. The van der Waals surface area contributed by atoms with E-state index in [4.69, 9.17) is 4.74 Å². The van der Waals surface area contributed by atoms with Gasteiger partial charge in [-0.2, -0.15) is 0 Å². The number of rotatable bonds is 6. The van der Waals surface area contributed by atoms with Gasteiger partial charge in [0, 0.05) is 12.5 Å². The molecule has 1 saturated carbocycles. The quantitative estimate of drug-likeness (QED) is 0.808. The van der Waals surface area contributed by atoms with Gasteiger partial charge in [-0.25, -0.2) is 0 Å². The normalized spacial score (nSPS) is 21.3. The number of aliphatic hydroxyl groups excluding tert-OH is 1. The molecule has 5 heteroatoms. The molecule has 0 radical (unpaired) electrons. The highest BCUT2D eigenvalue weighted by atomic mass is 16.5. The van der Waals surface area contributed by atoms with Crippen LogP contribution >= 0.6 is 0 Å². The lowest BCUT2D eigenvalue weighted by Crippen LogP contribution is -2.41. The van der Waals surface area contributed by atoms with Crippen molar-refractivity contribution in [2.24, 2.45) is 5.92 Å². The smallest absolute Gasteiger partial charge is 0.290 e. The number of carbonyl (C=O) groups is 2. The Bertz CT molecular complexity index is 729. The number of hydrogen-bond donors (Lipinski definition) is 1. The van der Waals surface area contributed by atoms with Crippen molar-refractivity contribution in [3.63, 3.8) is 0 Å². The summed E-state index contributed by atoms with van der Waals surface area (Å²) in [7, 11) is 1.60. The van der Waals surface area contributed by atoms with Crippen LogP contribution in [0.25, 0.3) is 0 Å². The molecule has 146 valence electrons. The van der Waals surface area contributed by atoms with Crippen LogP contribution in [0.5, 0.6) is 5.75 Å². The molecule has 0 spiro atoms. The van der Waals surface area contributed by atoms with Crippen LogP contribution in [-0.2, 0) is 9.59 Å². The van der Waals surface area contributed by atoms with Crippen molar-refractivity contribution in [1.82, 2.24) is 4.90 Å². The zero-order valence-corrected chi connectivity index (χ0v) is 16.4. The van der Waals surface area contributed by atoms with Crippen LogP contribution < -0.4 is 4.74 Å². The monoisotopic (exact) mass is 371 g/mol. The second-order valence-corrected chi connectivity index (χ2v) is 7.96. The van der Waals surface area contributed by atoms with E-state index < -0.39 is 11.9 Å². The summed E-state index contributed by atoms with van der Waals surface area (Å²) >= 11 is 0. The van der Waals surface area contributed by atoms with Gasteiger partial charge in [0.1, 0.15) is 5.75 Å². The van der Waals surface area contributed by atoms with Crippen molar-refractivity contribution >= 4 is 11.7 Å². The molecule has 1 unspecified atom stereocenters. The second-order valence-electron chi connectivity index (χ2n) is 7.96. The maximum atomic E-state index is 13.0. The summed E-state index contributed by atoms with van der Waals surface area (Å²) in [6, 6.07) is 6.97. The Hall–Kier alpha value is -2.30. The fourth-order valence-corrected chi connectivity index (χ4v) is 4.24. The molecular formula is C22H29NO4. The first-order chi connectivity index (χ1) is 12.9. The molecule has 3 rings (SSSR count). The number of amides is 1. The van der Waals surface area contributed by atoms with Crippen molar-refractivity contribution in [2.75, 3.05) is 7.11 Å². The highest BCUT2D eigenvalue weighted by Gasteiger charge is 2.46. The third kappa shape index (κ3) is 3.87. The summed E-state index contributed by atoms with van der Waals surface area (Å²) in [4.78, 5) is 27.6. The van der Waals surface area contributed by atoms with E-state index in [1.165, 1.54) is 6.42 Å². The van der Waals surface area contributed by atoms with Crippen LogP contribution in [0.2, 0.25) is 0 Å². The number of carbonyl (C=O) groups excluding carboxylic acids is 2. The molecule has 1 fully saturated rings. The summed E-state index contributed by atoms with van der Waals surface area (Å²) in [5.41, 5.74) is 1.09. The third-order valence-electron chi connectivity index (χ3n) is 5.54. The topological polar surface area (TPSA) is 66.8 Å². The minimum Gasteiger partial charge on any atom is -0.503 e. The number of ketones is 1. The highest BCUT2D eigenvalue weighted by Crippen LogP contribution is 2.42. The number of aliphatic hydroxyl groups is 1. The number of nitrogens with zero attached hydrogens (tertiary/aromatic N) is 1. The lowest BCUT2D eigenvalue weighted by atomic mass is 9.89. The maximum Gasteiger partial charge on any atom is 0.290 e. The largest absolute Gasteiger partial charge is 0.503 e. The van der Waals surface area contributed by atoms with Crippen molar-refractivity contribution in [2.45, 2.75) is 64.5 Å². The van der Waals surface area contributed by atoms with Crippen LogP contribution in [0.4, 0.5) is 0 Å². The highest BCUT2D eigenvalue weighted by molar-refractivity contribution is 6.09. The standard InChI is InChI=1S/C22H29NO4/c1-14(2)13-18(24)19-20(15-9-11-17(27-3)12-10-15)23(22(26)21(19)25)16-7-5-4-6-8-16/h9-12,14,16,20,25H,4-8,13H2,1-3H3. The van der Waals surface area contributed by atoms with E-state index in [9.17, 15) is 14.7 Å². The maximum absolute atomic E-state index is 13.0. The van der Waals surface area contributed by atoms with Crippen LogP contribution in [-0.4, -0.2) is 34.8 Å². The molecule has 1 aromatic carbocycles. The van der Waals surface area contributed by atoms with Crippen molar-refractivity contribution in [3.8, 4) is 5.75 Å². The zero-order valence-electron chi connectivity index (χ0n) is 16.4. The lowest BCUT2D eigenvalue weighted by molar-refractivity contribution is -0.132. The SMILES string of the molecule is COc1ccc(C2C(C(=O)CC(C)C)=C(O)C(=O)N2C2CCCCC2)cc1. The molecule has 1 heterocycles. The Morgan fingerprint density at radius 3 is 2.37 bits per heavy atom. The molecular weight excluding hydrogens is 342 g/mol. The molecule has 1 N–H and O–H groups in total. The zero-order chi connectivity index (χ0) is 19.6. The predicted octanol–water partition coefficient (Wildman–Crippen LogP) is 4.34. The molecule has 1 aliphatic heterocycles. The molecule has 1 amide bonds. The van der Waals surface area contributed by atoms with E-state index in [2.05, 4.69) is 0 Å². The van der Waals surface area contributed by atoms with Crippen LogP contribution in [0.1, 0.15) is 64.0 Å². The van der Waals surface area contributed by atoms with Gasteiger partial charge in [-0.1, -0.05) is 45.2 Å². The molecule has 1 aromatic rings. The fourth-order valence-electron chi connectivity index (χ4n) is 4.24. The number of hydrogen-bond acceptors (Lipinski definition) is 4. The Labute approximate surface area is 161 Å². The van der Waals surface area contributed by atoms with E-state index in [0.717, 1.165) is 37.0 Å². The summed E-state index contributed by atoms with van der Waals surface area (Å²) in [6.07, 6.45) is 5.45. The minimum atomic E-state index is -0.516. The van der Waals surface area contributed by atoms with Gasteiger partial charge in [-0.15, -0.1) is 0 Å². The van der Waals surface area contributed by atoms with Crippen molar-refractivity contribution < 1.29 is 19.4 Å². The van der Waals surface area contributed by atoms with Crippen molar-refractivity contribution in [3.05, 3.63) is 41.2 Å². The Balaban J connectivity index is 2.02. The fraction of sp³-hybridized carbons (Fsp3) is 0.545. The minimum absolute atomic E-state index is 0.0600. The molecule has 2 aliphatic rings. The van der Waals surface area contributed by atoms with Crippen LogP contribution in [0.3, 0.4) is 0 Å². The first-order valence-corrected chi connectivity index (χ1v) is 9.87. The second kappa shape index (κ2) is 8.15. The van der Waals surface area contributed by atoms with Crippen molar-refractivity contribution in [1.29, 1.82) is 0 Å². The first kappa shape index (κ1) is 19.5. The average Bonchev–Trinajstić information content (AvgIpc) is 2.93. The lowest BCUT2D eigenvalue weighted by Gasteiger charge is -2.36. The third-order valence-corrected chi connectivity index (χ3v) is 5.54. The van der Waals surface area contributed by atoms with Gasteiger partial charge in [0.25, 0.3) is 5.91 Å². The Morgan fingerprint density at radius 1 is 1.19 bits per heavy atom. The van der Waals surface area contributed by atoms with Gasteiger partial charge >= 0.3 is 0 Å². The Morgan fingerprint density at radius 2 is 1.81 bits per heavy atom. The van der Waals surface area contributed by atoms with Gasteiger partial charge in [-0.05, 0) is 36.5 Å². The summed E-state index contributed by atoms with van der Waals surface area (Å²) < 4.78 is 5.24. The van der Waals surface area contributed by atoms with Gasteiger partial charge in [0.05, 0.1) is 18.7 Å². The summed E-state index contributed by atoms with van der Waals surface area (Å²) in [5.74, 6) is -0.0412. The van der Waals surface area contributed by atoms with Gasteiger partial charge in [0.2, 0.25) is 0 Å². The summed E-state index contributed by atoms with van der Waals surface area (Å²) in [5, 5.41) is 10.6. The number of ether oxygens (including phenoxy) is 1.